The predicted octanol–water partition coefficient (Wildman–Crippen LogP) is 1.28. The highest BCUT2D eigenvalue weighted by Gasteiger charge is 2.59. The van der Waals surface area contributed by atoms with Crippen molar-refractivity contribution in [3.63, 3.8) is 0 Å². The van der Waals surface area contributed by atoms with E-state index in [0.717, 1.165) is 32.4 Å². The van der Waals surface area contributed by atoms with Crippen LogP contribution in [0.3, 0.4) is 0 Å². The predicted molar refractivity (Wildman–Crippen MR) is 88.0 cm³/mol. The van der Waals surface area contributed by atoms with Crippen molar-refractivity contribution in [1.82, 2.24) is 20.4 Å². The van der Waals surface area contributed by atoms with Gasteiger partial charge in [0.1, 0.15) is 5.54 Å². The zero-order valence-electron chi connectivity index (χ0n) is 14.6. The van der Waals surface area contributed by atoms with Crippen LogP contribution in [-0.2, 0) is 15.1 Å². The molecule has 1 aromatic heterocycles. The average Bonchev–Trinajstić information content (AvgIpc) is 3.09. The van der Waals surface area contributed by atoms with E-state index in [4.69, 9.17) is 4.74 Å². The van der Waals surface area contributed by atoms with E-state index < -0.39 is 5.54 Å². The van der Waals surface area contributed by atoms with Gasteiger partial charge in [-0.05, 0) is 45.3 Å². The first-order chi connectivity index (χ1) is 10.9. The Morgan fingerprint density at radius 2 is 2.04 bits per heavy atom. The summed E-state index contributed by atoms with van der Waals surface area (Å²) in [4.78, 5) is 13.2. The van der Waals surface area contributed by atoms with Gasteiger partial charge < -0.3 is 15.4 Å². The molecule has 2 unspecified atom stereocenters. The number of nitrogens with zero attached hydrogens (tertiary/aromatic N) is 2. The fourth-order valence-corrected chi connectivity index (χ4v) is 3.94. The highest BCUT2D eigenvalue weighted by molar-refractivity contribution is 5.85. The van der Waals surface area contributed by atoms with Crippen LogP contribution in [0.4, 0.5) is 0 Å². The molecule has 6 nitrogen and oxygen atoms in total. The van der Waals surface area contributed by atoms with Crippen molar-refractivity contribution >= 4 is 5.91 Å². The number of carbonyl (C=O) groups is 1. The zero-order chi connectivity index (χ0) is 16.7. The molecule has 0 spiro atoms. The molecular weight excluding hydrogens is 292 g/mol. The lowest BCUT2D eigenvalue weighted by Crippen LogP contribution is -2.70. The summed E-state index contributed by atoms with van der Waals surface area (Å²) in [5.74, 6) is 0.0823. The van der Waals surface area contributed by atoms with Crippen LogP contribution >= 0.6 is 0 Å². The van der Waals surface area contributed by atoms with Gasteiger partial charge in [-0.1, -0.05) is 13.8 Å². The molecule has 6 heteroatoms. The number of hydrogen-bond donors (Lipinski definition) is 2. The third-order valence-corrected chi connectivity index (χ3v) is 6.38. The maximum atomic E-state index is 13.2. The van der Waals surface area contributed by atoms with E-state index in [1.807, 2.05) is 16.9 Å². The van der Waals surface area contributed by atoms with Gasteiger partial charge in [0, 0.05) is 31.0 Å². The lowest BCUT2D eigenvalue weighted by Gasteiger charge is -2.59. The molecule has 1 saturated heterocycles. The number of methoxy groups -OCH3 is 1. The number of rotatable bonds is 4. The summed E-state index contributed by atoms with van der Waals surface area (Å²) in [5.41, 5.74) is -0.850. The van der Waals surface area contributed by atoms with Gasteiger partial charge in [0.15, 0.2) is 0 Å². The molecule has 1 aliphatic carbocycles. The Morgan fingerprint density at radius 1 is 1.35 bits per heavy atom. The number of aromatic nitrogens is 2. The molecule has 1 aromatic rings. The normalized spacial score (nSPS) is 32.1. The SMILES string of the molecule is COC1(C)CC(NC(=O)C2(n3cccn3)CCNCC2)C1(C)C. The first kappa shape index (κ1) is 16.5. The lowest BCUT2D eigenvalue weighted by molar-refractivity contribution is -0.184. The topological polar surface area (TPSA) is 68.2 Å². The number of amides is 1. The standard InChI is InChI=1S/C17H28N4O2/c1-15(2)13(12-16(15,3)23-4)20-14(22)17(6-9-18-10-7-17)21-11-5-8-19-21/h5,8,11,13,18H,6-7,9-10,12H2,1-4H3,(H,20,22). The molecule has 3 rings (SSSR count). The highest BCUT2D eigenvalue weighted by atomic mass is 16.5. The molecule has 2 heterocycles. The van der Waals surface area contributed by atoms with Crippen molar-refractivity contribution in [2.45, 2.75) is 57.2 Å². The Balaban J connectivity index is 1.79. The summed E-state index contributed by atoms with van der Waals surface area (Å²) >= 11 is 0. The van der Waals surface area contributed by atoms with Crippen LogP contribution < -0.4 is 10.6 Å². The number of hydrogen-bond acceptors (Lipinski definition) is 4. The fourth-order valence-electron chi connectivity index (χ4n) is 3.94. The molecule has 2 aliphatic rings. The third-order valence-electron chi connectivity index (χ3n) is 6.38. The van der Waals surface area contributed by atoms with E-state index in [2.05, 4.69) is 36.5 Å². The lowest BCUT2D eigenvalue weighted by atomic mass is 9.55. The summed E-state index contributed by atoms with van der Waals surface area (Å²) in [6, 6.07) is 2.01. The second kappa shape index (κ2) is 5.60. The molecular formula is C17H28N4O2. The van der Waals surface area contributed by atoms with Gasteiger partial charge in [-0.15, -0.1) is 0 Å². The van der Waals surface area contributed by atoms with Gasteiger partial charge in [0.2, 0.25) is 5.91 Å². The summed E-state index contributed by atoms with van der Waals surface area (Å²) in [6.45, 7) is 8.10. The van der Waals surface area contributed by atoms with Gasteiger partial charge in [-0.3, -0.25) is 9.48 Å². The summed E-state index contributed by atoms with van der Waals surface area (Å²) < 4.78 is 7.50. The average molecular weight is 320 g/mol. The molecule has 1 amide bonds. The maximum absolute atomic E-state index is 13.2. The number of carbonyl (C=O) groups excluding carboxylic acids is 1. The molecule has 2 N–H and O–H groups in total. The number of ether oxygens (including phenoxy) is 1. The van der Waals surface area contributed by atoms with Crippen molar-refractivity contribution in [3.8, 4) is 0 Å². The van der Waals surface area contributed by atoms with E-state index in [9.17, 15) is 4.79 Å². The molecule has 1 aliphatic heterocycles. The van der Waals surface area contributed by atoms with Crippen molar-refractivity contribution in [3.05, 3.63) is 18.5 Å². The molecule has 23 heavy (non-hydrogen) atoms. The third kappa shape index (κ3) is 2.39. The number of nitrogens with one attached hydrogen (secondary N) is 2. The fraction of sp³-hybridized carbons (Fsp3) is 0.765. The maximum Gasteiger partial charge on any atom is 0.248 e. The van der Waals surface area contributed by atoms with Crippen LogP contribution in [0.2, 0.25) is 0 Å². The molecule has 0 radical (unpaired) electrons. The summed E-state index contributed by atoms with van der Waals surface area (Å²) in [5, 5.41) is 11.0. The van der Waals surface area contributed by atoms with Gasteiger partial charge in [-0.2, -0.15) is 5.10 Å². The monoisotopic (exact) mass is 320 g/mol. The Labute approximate surface area is 138 Å². The Kier molecular flexibility index (Phi) is 4.01. The van der Waals surface area contributed by atoms with Crippen molar-refractivity contribution in [2.24, 2.45) is 5.41 Å². The quantitative estimate of drug-likeness (QED) is 0.877. The van der Waals surface area contributed by atoms with E-state index in [-0.39, 0.29) is 23.0 Å². The largest absolute Gasteiger partial charge is 0.378 e. The van der Waals surface area contributed by atoms with Crippen molar-refractivity contribution in [1.29, 1.82) is 0 Å². The minimum atomic E-state index is -0.579. The van der Waals surface area contributed by atoms with E-state index in [1.54, 1.807) is 13.3 Å². The Morgan fingerprint density at radius 3 is 2.57 bits per heavy atom. The second-order valence-corrected chi connectivity index (χ2v) is 7.62. The minimum Gasteiger partial charge on any atom is -0.378 e. The van der Waals surface area contributed by atoms with E-state index in [1.165, 1.54) is 0 Å². The molecule has 1 saturated carbocycles. The molecule has 2 atom stereocenters. The zero-order valence-corrected chi connectivity index (χ0v) is 14.6. The minimum absolute atomic E-state index is 0.0823. The van der Waals surface area contributed by atoms with Crippen molar-refractivity contribution in [2.75, 3.05) is 20.2 Å². The van der Waals surface area contributed by atoms with Crippen LogP contribution in [0.1, 0.15) is 40.0 Å². The van der Waals surface area contributed by atoms with Gasteiger partial charge >= 0.3 is 0 Å². The van der Waals surface area contributed by atoms with Crippen molar-refractivity contribution < 1.29 is 9.53 Å². The van der Waals surface area contributed by atoms with Gasteiger partial charge in [-0.25, -0.2) is 0 Å². The van der Waals surface area contributed by atoms with Crippen LogP contribution in [0.5, 0.6) is 0 Å². The molecule has 0 aromatic carbocycles. The van der Waals surface area contributed by atoms with Crippen LogP contribution in [-0.4, -0.2) is 47.5 Å². The highest BCUT2D eigenvalue weighted by Crippen LogP contribution is 2.51. The van der Waals surface area contributed by atoms with Gasteiger partial charge in [0.25, 0.3) is 0 Å². The van der Waals surface area contributed by atoms with Gasteiger partial charge in [0.05, 0.1) is 5.60 Å². The summed E-state index contributed by atoms with van der Waals surface area (Å²) in [6.07, 6.45) is 6.00. The Bertz CT molecular complexity index is 563. The first-order valence-corrected chi connectivity index (χ1v) is 8.43. The summed E-state index contributed by atoms with van der Waals surface area (Å²) in [7, 11) is 1.75. The Hall–Kier alpha value is -1.40. The molecule has 0 bridgehead atoms. The second-order valence-electron chi connectivity index (χ2n) is 7.62. The molecule has 2 fully saturated rings. The number of piperidine rings is 1. The van der Waals surface area contributed by atoms with Crippen LogP contribution in [0.15, 0.2) is 18.5 Å². The smallest absolute Gasteiger partial charge is 0.248 e. The molecule has 128 valence electrons. The van der Waals surface area contributed by atoms with Crippen LogP contribution in [0, 0.1) is 5.41 Å². The van der Waals surface area contributed by atoms with E-state index in [0.29, 0.717) is 0 Å². The first-order valence-electron chi connectivity index (χ1n) is 8.43. The van der Waals surface area contributed by atoms with Crippen LogP contribution in [0.25, 0.3) is 0 Å². The van der Waals surface area contributed by atoms with E-state index >= 15 is 0 Å².